The van der Waals surface area contributed by atoms with E-state index in [1.54, 1.807) is 109 Å². The quantitative estimate of drug-likeness (QED) is 0.0168. The molecule has 0 saturated carbocycles. The number of rotatable bonds is 13. The lowest BCUT2D eigenvalue weighted by Crippen LogP contribution is -2.27. The van der Waals surface area contributed by atoms with Crippen LogP contribution in [-0.2, 0) is 81.6 Å². The van der Waals surface area contributed by atoms with Crippen molar-refractivity contribution in [3.8, 4) is 0 Å². The number of carbonyl (C=O) groups excluding carboxylic acids is 8. The van der Waals surface area contributed by atoms with Crippen LogP contribution in [0, 0.1) is 0 Å². The normalized spacial score (nSPS) is 11.0. The Morgan fingerprint density at radius 1 is 0.439 bits per heavy atom. The second kappa shape index (κ2) is 34.6. The number of nitrogens with one attached hydrogen (secondary N) is 9. The predicted octanol–water partition coefficient (Wildman–Crippen LogP) is 11.9. The van der Waals surface area contributed by atoms with Crippen molar-refractivity contribution in [3.05, 3.63) is 150 Å². The summed E-state index contributed by atoms with van der Waals surface area (Å²) in [5.41, 5.74) is 14.0. The van der Waals surface area contributed by atoms with Gasteiger partial charge in [-0.25, -0.2) is 27.6 Å². The fourth-order valence-electron chi connectivity index (χ4n) is 9.01. The minimum absolute atomic E-state index is 0. The Morgan fingerprint density at radius 3 is 1.18 bits per heavy atom. The summed E-state index contributed by atoms with van der Waals surface area (Å²) in [4.78, 5) is 108. The number of aromatic amines is 5. The Hall–Kier alpha value is -11.0. The average molecular weight is 1400 g/mol. The Morgan fingerprint density at radius 2 is 0.786 bits per heavy atom. The van der Waals surface area contributed by atoms with Crippen LogP contribution in [0.2, 0.25) is 0 Å². The van der Waals surface area contributed by atoms with Gasteiger partial charge in [-0.2, -0.15) is 0 Å². The van der Waals surface area contributed by atoms with Gasteiger partial charge in [0.25, 0.3) is 5.78 Å². The van der Waals surface area contributed by atoms with Gasteiger partial charge < -0.3 is 69.3 Å². The summed E-state index contributed by atoms with van der Waals surface area (Å²) >= 11 is 0. The number of nitrogens with two attached hydrogens (primary N) is 1. The van der Waals surface area contributed by atoms with Crippen LogP contribution < -0.4 is 26.4 Å². The van der Waals surface area contributed by atoms with Crippen molar-refractivity contribution in [2.45, 2.75) is 98.4 Å². The number of nitrogen functional groups attached to an aromatic ring is 1. The maximum Gasteiger partial charge on any atom is 0.412 e. The fourth-order valence-corrected chi connectivity index (χ4v) is 9.57. The molecule has 3 amide bonds. The SMILES string of the molecule is CC(C)(C)OC(=O)Nc1ccc2[nH]ccc2c1.COC(=O)C(=O)c1c[nH]c2ccc(NC(=O)OC(C)(C)C)cc12.COC(=O)Cc1c[nH]c2ccc(N)cc12.COC(=O)Cc1c[nH]c2ccc(NC(=O)OC(C)(C)C)cc12.COC(=O)Cc1c[nH]c2ccc(NS(C)(=O)=O)cc12.Cl.O. The maximum atomic E-state index is 12.0. The maximum absolute atomic E-state index is 12.0. The Balaban J connectivity index is 0.000000261. The van der Waals surface area contributed by atoms with Crippen molar-refractivity contribution in [3.63, 3.8) is 0 Å². The zero-order valence-corrected chi connectivity index (χ0v) is 58.2. The van der Waals surface area contributed by atoms with Crippen molar-refractivity contribution in [1.29, 1.82) is 0 Å². The van der Waals surface area contributed by atoms with E-state index in [0.29, 0.717) is 33.7 Å². The molecule has 10 aromatic rings. The smallest absolute Gasteiger partial charge is 0.412 e. The van der Waals surface area contributed by atoms with Gasteiger partial charge in [-0.3, -0.25) is 39.9 Å². The number of hydrogen-bond donors (Lipinski definition) is 10. The minimum atomic E-state index is -3.32. The van der Waals surface area contributed by atoms with Gasteiger partial charge in [-0.15, -0.1) is 12.4 Å². The summed E-state index contributed by atoms with van der Waals surface area (Å²) in [6.07, 6.45) is 8.68. The number of carbonyl (C=O) groups is 8. The van der Waals surface area contributed by atoms with E-state index in [4.69, 9.17) is 19.9 Å². The van der Waals surface area contributed by atoms with E-state index in [1.165, 1.54) is 27.5 Å². The standard InChI is InChI=1S/C16H18N2O5.C16H20N2O4.C13H16N2O2.C12H14N2O4S.C11H12N2O2.ClH.H2O/c1-16(2,3)23-15(21)18-9-5-6-12-10(7-9)11(8-17-12)13(19)14(20)22-4;1-16(2,3)22-15(20)18-11-5-6-13-12(8-11)10(9-17-13)7-14(19)21-4;1-13(2,3)17-12(16)15-10-4-5-11-9(8-10)6-7-14-11;1-18-12(15)5-8-7-13-11-4-3-9(6-10(8)11)14-19(2,16)17;1-15-11(14)4-7-6-13-10-3-2-8(12)5-9(7)10;;/h5-8,17H,1-4H3,(H,18,21);5-6,8-9,17H,7H2,1-4H3,(H,18,20);4-8,14H,1-3H3,(H,15,16);3-4,6-7,13-14H,5H2,1-2H3;2-3,5-6,13H,4,12H2,1H3;1H;1H2. The fraction of sp³-hybridized carbons (Fsp3) is 0.294. The molecule has 0 aliphatic carbocycles. The second-order valence-corrected chi connectivity index (χ2v) is 26.1. The number of halogens is 1. The van der Waals surface area contributed by atoms with Crippen molar-refractivity contribution in [2.24, 2.45) is 0 Å². The van der Waals surface area contributed by atoms with E-state index in [2.05, 4.69) is 64.5 Å². The Labute approximate surface area is 570 Å². The molecule has 0 aliphatic heterocycles. The number of methoxy groups -OCH3 is 4. The van der Waals surface area contributed by atoms with Crippen molar-refractivity contribution >= 4 is 153 Å². The summed E-state index contributed by atoms with van der Waals surface area (Å²) in [7, 11) is 1.88. The van der Waals surface area contributed by atoms with E-state index in [0.717, 1.165) is 79.4 Å². The summed E-state index contributed by atoms with van der Waals surface area (Å²) in [5, 5.41) is 12.2. The van der Waals surface area contributed by atoms with Crippen LogP contribution in [0.5, 0.6) is 0 Å². The zero-order chi connectivity index (χ0) is 70.9. The van der Waals surface area contributed by atoms with Crippen LogP contribution >= 0.6 is 12.4 Å². The molecule has 0 atom stereocenters. The van der Waals surface area contributed by atoms with Gasteiger partial charge in [0.1, 0.15) is 16.8 Å². The highest BCUT2D eigenvalue weighted by Crippen LogP contribution is 2.28. The van der Waals surface area contributed by atoms with Crippen LogP contribution in [0.1, 0.15) is 89.4 Å². The van der Waals surface area contributed by atoms with E-state index in [-0.39, 0.29) is 60.6 Å². The molecule has 98 heavy (non-hydrogen) atoms. The largest absolute Gasteiger partial charge is 0.469 e. The number of esters is 4. The number of Topliss-reactive ketones (excluding diaryl/α,β-unsaturated/α-hetero) is 1. The second-order valence-electron chi connectivity index (χ2n) is 24.3. The topological polar surface area (TPSA) is 420 Å². The molecule has 10 rings (SSSR count). The molecule has 28 nitrogen and oxygen atoms in total. The molecule has 526 valence electrons. The number of aromatic nitrogens is 5. The molecule has 0 radical (unpaired) electrons. The molecule has 5 heterocycles. The van der Waals surface area contributed by atoms with Gasteiger partial charge in [0.15, 0.2) is 0 Å². The molecular weight excluding hydrogens is 1310 g/mol. The third kappa shape index (κ3) is 24.6. The van der Waals surface area contributed by atoms with Gasteiger partial charge in [0.05, 0.1) is 59.5 Å². The number of hydrogen-bond acceptors (Lipinski definition) is 18. The number of sulfonamides is 1. The molecule has 5 aromatic heterocycles. The summed E-state index contributed by atoms with van der Waals surface area (Å²) in [5.74, 6) is -2.61. The lowest BCUT2D eigenvalue weighted by molar-refractivity contribution is -0.140. The molecule has 13 N–H and O–H groups in total. The van der Waals surface area contributed by atoms with Gasteiger partial charge in [-0.05, 0) is 176 Å². The lowest BCUT2D eigenvalue weighted by atomic mass is 10.1. The van der Waals surface area contributed by atoms with Gasteiger partial charge in [0.2, 0.25) is 10.0 Å². The highest BCUT2D eigenvalue weighted by molar-refractivity contribution is 7.92. The summed E-state index contributed by atoms with van der Waals surface area (Å²) in [6.45, 7) is 16.2. The predicted molar refractivity (Wildman–Crippen MR) is 378 cm³/mol. The van der Waals surface area contributed by atoms with Crippen LogP contribution in [0.3, 0.4) is 0 Å². The monoisotopic (exact) mass is 1390 g/mol. The molecule has 30 heteroatoms. The van der Waals surface area contributed by atoms with Crippen molar-refractivity contribution in [2.75, 3.05) is 61.1 Å². The molecule has 0 saturated heterocycles. The average Bonchev–Trinajstić information content (AvgIpc) is 1.67. The number of anilines is 5. The van der Waals surface area contributed by atoms with Crippen molar-refractivity contribution in [1.82, 2.24) is 24.9 Å². The molecule has 0 aliphatic rings. The zero-order valence-electron chi connectivity index (χ0n) is 56.6. The number of ketones is 1. The van der Waals surface area contributed by atoms with Crippen LogP contribution in [0.25, 0.3) is 54.5 Å². The molecular formula is C68H83ClN10O18S. The summed E-state index contributed by atoms with van der Waals surface area (Å²) < 4.78 is 58.7. The molecule has 0 spiro atoms. The van der Waals surface area contributed by atoms with Crippen LogP contribution in [0.4, 0.5) is 42.8 Å². The Bertz CT molecular complexity index is 4570. The van der Waals surface area contributed by atoms with E-state index >= 15 is 0 Å². The number of benzene rings is 5. The number of H-pyrrole nitrogens is 5. The van der Waals surface area contributed by atoms with E-state index < -0.39 is 56.9 Å². The third-order valence-corrected chi connectivity index (χ3v) is 13.7. The van der Waals surface area contributed by atoms with Crippen LogP contribution in [0.15, 0.2) is 128 Å². The molecule has 0 unspecified atom stereocenters. The Kier molecular flexibility index (Phi) is 28.0. The molecule has 0 bridgehead atoms. The molecule has 5 aromatic carbocycles. The minimum Gasteiger partial charge on any atom is -0.469 e. The van der Waals surface area contributed by atoms with Gasteiger partial charge in [0, 0.05) is 114 Å². The van der Waals surface area contributed by atoms with Crippen LogP contribution in [-0.4, -0.2) is 138 Å². The highest BCUT2D eigenvalue weighted by atomic mass is 35.5. The first-order valence-corrected chi connectivity index (χ1v) is 31.5. The summed E-state index contributed by atoms with van der Waals surface area (Å²) in [6, 6.07) is 28.6. The first-order chi connectivity index (χ1) is 45.0. The number of amides is 3. The number of fused-ring (bicyclic) bond motifs is 5. The lowest BCUT2D eigenvalue weighted by Gasteiger charge is -2.19. The van der Waals surface area contributed by atoms with E-state index in [1.807, 2.05) is 75.5 Å². The van der Waals surface area contributed by atoms with Crippen molar-refractivity contribution < 1.29 is 85.4 Å². The third-order valence-electron chi connectivity index (χ3n) is 13.1. The number of ether oxygens (including phenoxy) is 7. The van der Waals surface area contributed by atoms with Gasteiger partial charge >= 0.3 is 42.2 Å². The first kappa shape index (κ1) is 79.4. The first-order valence-electron chi connectivity index (χ1n) is 29.6. The molecule has 0 fully saturated rings. The van der Waals surface area contributed by atoms with E-state index in [9.17, 15) is 46.8 Å². The highest BCUT2D eigenvalue weighted by Gasteiger charge is 2.23. The van der Waals surface area contributed by atoms with Gasteiger partial charge in [-0.1, -0.05) is 0 Å².